The van der Waals surface area contributed by atoms with Crippen LogP contribution >= 0.6 is 0 Å². The summed E-state index contributed by atoms with van der Waals surface area (Å²) in [6, 6.07) is 11.2. The third-order valence-electron chi connectivity index (χ3n) is 3.65. The van der Waals surface area contributed by atoms with Crippen LogP contribution in [-0.4, -0.2) is 24.8 Å². The van der Waals surface area contributed by atoms with Crippen LogP contribution in [0, 0.1) is 11.3 Å². The number of hydrogen-bond acceptors (Lipinski definition) is 5. The molecule has 0 N–H and O–H groups in total. The van der Waals surface area contributed by atoms with E-state index in [1.54, 1.807) is 24.3 Å². The summed E-state index contributed by atoms with van der Waals surface area (Å²) in [5, 5.41) is 8.90. The maximum absolute atomic E-state index is 12.6. The molecular formula is C17H15N3O2S. The minimum absolute atomic E-state index is 0.105. The Balaban J connectivity index is 1.85. The van der Waals surface area contributed by atoms with Crippen LogP contribution in [-0.2, 0) is 16.4 Å². The number of benzene rings is 1. The molecule has 0 bridgehead atoms. The molecule has 0 unspecified atom stereocenters. The quantitative estimate of drug-likeness (QED) is 0.863. The molecule has 0 saturated carbocycles. The lowest BCUT2D eigenvalue weighted by molar-refractivity contribution is 0.394. The molecule has 0 fully saturated rings. The Morgan fingerprint density at radius 2 is 2.09 bits per heavy atom. The van der Waals surface area contributed by atoms with E-state index in [0.717, 1.165) is 18.7 Å². The van der Waals surface area contributed by atoms with Gasteiger partial charge in [-0.15, -0.1) is 0 Å². The summed E-state index contributed by atoms with van der Waals surface area (Å²) < 4.78 is 25.2. The summed E-state index contributed by atoms with van der Waals surface area (Å²) >= 11 is 0. The fourth-order valence-electron chi connectivity index (χ4n) is 2.41. The first-order valence-corrected chi connectivity index (χ1v) is 8.69. The molecule has 1 aliphatic heterocycles. The van der Waals surface area contributed by atoms with Crippen molar-refractivity contribution in [2.45, 2.75) is 22.8 Å². The number of aromatic nitrogens is 1. The maximum Gasteiger partial charge on any atom is 0.208 e. The van der Waals surface area contributed by atoms with Crippen LogP contribution in [0.2, 0.25) is 0 Å². The average Bonchev–Trinajstić information content (AvgIpc) is 3.08. The molecule has 2 heterocycles. The van der Waals surface area contributed by atoms with Gasteiger partial charge in [-0.3, -0.25) is 4.98 Å². The highest BCUT2D eigenvalue weighted by atomic mass is 32.2. The van der Waals surface area contributed by atoms with Crippen molar-refractivity contribution in [3.05, 3.63) is 66.1 Å². The van der Waals surface area contributed by atoms with Gasteiger partial charge in [-0.1, -0.05) is 12.1 Å². The Labute approximate surface area is 135 Å². The van der Waals surface area contributed by atoms with E-state index in [4.69, 9.17) is 5.26 Å². The van der Waals surface area contributed by atoms with E-state index in [2.05, 4.69) is 16.0 Å². The van der Waals surface area contributed by atoms with Gasteiger partial charge in [0.25, 0.3) is 0 Å². The first kappa shape index (κ1) is 15.3. The van der Waals surface area contributed by atoms with E-state index in [1.807, 2.05) is 12.3 Å². The lowest BCUT2D eigenvalue weighted by Crippen LogP contribution is -2.14. The fraction of sp³-hybridized carbons (Fsp3) is 0.176. The van der Waals surface area contributed by atoms with Gasteiger partial charge in [0.1, 0.15) is 0 Å². The molecule has 0 aliphatic carbocycles. The van der Waals surface area contributed by atoms with Crippen molar-refractivity contribution in [2.24, 2.45) is 0 Å². The minimum Gasteiger partial charge on any atom is -0.372 e. The number of nitrogens with zero attached hydrogens (tertiary/aromatic N) is 3. The second-order valence-corrected chi connectivity index (χ2v) is 7.22. The van der Waals surface area contributed by atoms with Gasteiger partial charge in [0.15, 0.2) is 0 Å². The van der Waals surface area contributed by atoms with Crippen LogP contribution in [0.25, 0.3) is 0 Å². The average molecular weight is 325 g/mol. The van der Waals surface area contributed by atoms with Crippen molar-refractivity contribution in [3.63, 3.8) is 0 Å². The van der Waals surface area contributed by atoms with Crippen LogP contribution in [0.15, 0.2) is 64.7 Å². The highest BCUT2D eigenvalue weighted by Gasteiger charge is 2.18. The Morgan fingerprint density at radius 1 is 1.22 bits per heavy atom. The molecule has 0 radical (unpaired) electrons. The summed E-state index contributed by atoms with van der Waals surface area (Å²) in [4.78, 5) is 6.63. The molecule has 0 amide bonds. The van der Waals surface area contributed by atoms with Gasteiger partial charge in [-0.2, -0.15) is 5.26 Å². The van der Waals surface area contributed by atoms with Crippen molar-refractivity contribution >= 4 is 9.84 Å². The molecule has 23 heavy (non-hydrogen) atoms. The monoisotopic (exact) mass is 325 g/mol. The van der Waals surface area contributed by atoms with Gasteiger partial charge in [-0.25, -0.2) is 8.42 Å². The number of rotatable bonds is 4. The Kier molecular flexibility index (Phi) is 4.13. The van der Waals surface area contributed by atoms with Crippen LogP contribution < -0.4 is 0 Å². The van der Waals surface area contributed by atoms with E-state index in [-0.39, 0.29) is 9.79 Å². The van der Waals surface area contributed by atoms with Crippen LogP contribution in [0.5, 0.6) is 0 Å². The molecule has 3 rings (SSSR count). The zero-order valence-electron chi connectivity index (χ0n) is 12.4. The molecule has 0 atom stereocenters. The topological polar surface area (TPSA) is 74.1 Å². The molecule has 1 aromatic heterocycles. The van der Waals surface area contributed by atoms with Crippen molar-refractivity contribution in [1.82, 2.24) is 9.88 Å². The molecule has 1 aliphatic rings. The first-order valence-electron chi connectivity index (χ1n) is 7.20. The summed E-state index contributed by atoms with van der Waals surface area (Å²) in [5.41, 5.74) is 1.14. The third-order valence-corrected chi connectivity index (χ3v) is 5.38. The standard InChI is InChI=1S/C17H15N3O2S/c18-11-14-4-3-5-16(10-14)23(21,22)17-7-6-15(19-12-17)13-20-8-1-2-9-20/h1,3-8,10,12H,2,9,13H2. The zero-order valence-corrected chi connectivity index (χ0v) is 13.2. The molecule has 0 saturated heterocycles. The normalized spacial score (nSPS) is 14.0. The Hall–Kier alpha value is -2.65. The zero-order chi connectivity index (χ0) is 16.3. The number of nitriles is 1. The smallest absolute Gasteiger partial charge is 0.208 e. The highest BCUT2D eigenvalue weighted by molar-refractivity contribution is 7.91. The van der Waals surface area contributed by atoms with Gasteiger partial charge >= 0.3 is 0 Å². The van der Waals surface area contributed by atoms with E-state index in [0.29, 0.717) is 12.1 Å². The van der Waals surface area contributed by atoms with Crippen LogP contribution in [0.4, 0.5) is 0 Å². The molecule has 5 nitrogen and oxygen atoms in total. The third kappa shape index (κ3) is 3.25. The summed E-state index contributed by atoms with van der Waals surface area (Å²) in [5.74, 6) is 0. The summed E-state index contributed by atoms with van der Waals surface area (Å²) in [7, 11) is -3.66. The van der Waals surface area contributed by atoms with Gasteiger partial charge < -0.3 is 4.90 Å². The molecule has 116 valence electrons. The molecule has 1 aromatic carbocycles. The summed E-state index contributed by atoms with van der Waals surface area (Å²) in [6.45, 7) is 1.63. The van der Waals surface area contributed by atoms with Crippen molar-refractivity contribution in [3.8, 4) is 6.07 Å². The van der Waals surface area contributed by atoms with Crippen molar-refractivity contribution in [2.75, 3.05) is 6.54 Å². The van der Waals surface area contributed by atoms with E-state index < -0.39 is 9.84 Å². The molecule has 0 spiro atoms. The minimum atomic E-state index is -3.66. The summed E-state index contributed by atoms with van der Waals surface area (Å²) in [6.07, 6.45) is 6.53. The molecule has 6 heteroatoms. The van der Waals surface area contributed by atoms with E-state index >= 15 is 0 Å². The predicted molar refractivity (Wildman–Crippen MR) is 85.0 cm³/mol. The SMILES string of the molecule is N#Cc1cccc(S(=O)(=O)c2ccc(CN3C=CCC3)nc2)c1. The van der Waals surface area contributed by atoms with E-state index in [1.165, 1.54) is 18.3 Å². The predicted octanol–water partition coefficient (Wildman–Crippen LogP) is 2.51. The van der Waals surface area contributed by atoms with Crippen LogP contribution in [0.1, 0.15) is 17.7 Å². The van der Waals surface area contributed by atoms with E-state index in [9.17, 15) is 8.42 Å². The van der Waals surface area contributed by atoms with Gasteiger partial charge in [0.2, 0.25) is 9.84 Å². The Bertz CT molecular complexity index is 881. The fourth-order valence-corrected chi connectivity index (χ4v) is 3.66. The van der Waals surface area contributed by atoms with Gasteiger partial charge in [0.05, 0.1) is 33.7 Å². The maximum atomic E-state index is 12.6. The van der Waals surface area contributed by atoms with Crippen molar-refractivity contribution < 1.29 is 8.42 Å². The van der Waals surface area contributed by atoms with Crippen molar-refractivity contribution in [1.29, 1.82) is 5.26 Å². The lowest BCUT2D eigenvalue weighted by Gasteiger charge is -2.14. The Morgan fingerprint density at radius 3 is 2.74 bits per heavy atom. The highest BCUT2D eigenvalue weighted by Crippen LogP contribution is 2.21. The van der Waals surface area contributed by atoms with Gasteiger partial charge in [0, 0.05) is 12.7 Å². The lowest BCUT2D eigenvalue weighted by atomic mass is 10.2. The van der Waals surface area contributed by atoms with Crippen LogP contribution in [0.3, 0.4) is 0 Å². The van der Waals surface area contributed by atoms with Gasteiger partial charge in [-0.05, 0) is 43.0 Å². The number of pyridine rings is 1. The number of sulfone groups is 1. The second-order valence-electron chi connectivity index (χ2n) is 5.27. The molecular weight excluding hydrogens is 310 g/mol. The first-order chi connectivity index (χ1) is 11.1. The molecule has 2 aromatic rings. The largest absolute Gasteiger partial charge is 0.372 e. The second kappa shape index (κ2) is 6.23. The number of hydrogen-bond donors (Lipinski definition) is 0.